The number of nitrogens with zero attached hydrogens (tertiary/aromatic N) is 1. The van der Waals surface area contributed by atoms with Gasteiger partial charge in [0, 0.05) is 34.1 Å². The first-order valence-electron chi connectivity index (χ1n) is 7.30. The number of rotatable bonds is 6. The fourth-order valence-corrected chi connectivity index (χ4v) is 2.25. The van der Waals surface area contributed by atoms with Crippen molar-refractivity contribution in [2.45, 2.75) is 12.8 Å². The number of halogens is 2. The van der Waals surface area contributed by atoms with Gasteiger partial charge in [-0.25, -0.2) is 5.43 Å². The molecule has 130 valence electrons. The van der Waals surface area contributed by atoms with Crippen LogP contribution < -0.4 is 10.7 Å². The molecule has 0 spiro atoms. The highest BCUT2D eigenvalue weighted by atomic mass is 35.5. The van der Waals surface area contributed by atoms with Crippen LogP contribution in [0.25, 0.3) is 0 Å². The number of phenolic OH excluding ortho intramolecular Hbond substituents is 1. The lowest BCUT2D eigenvalue weighted by Crippen LogP contribution is -2.20. The molecule has 0 aromatic heterocycles. The molecule has 2 aromatic carbocycles. The maximum absolute atomic E-state index is 11.8. The zero-order chi connectivity index (χ0) is 18.2. The van der Waals surface area contributed by atoms with Gasteiger partial charge in [0.15, 0.2) is 0 Å². The Morgan fingerprint density at radius 3 is 2.52 bits per heavy atom. The van der Waals surface area contributed by atoms with Crippen molar-refractivity contribution in [3.8, 4) is 5.75 Å². The van der Waals surface area contributed by atoms with E-state index in [4.69, 9.17) is 23.2 Å². The number of anilines is 1. The Labute approximate surface area is 154 Å². The molecule has 8 heteroatoms. The minimum Gasteiger partial charge on any atom is -0.507 e. The molecule has 0 aliphatic carbocycles. The standard InChI is InChI=1S/C17H15Cl2N3O3/c18-12-2-1-3-14(9-12)21-16(24)6-7-17(25)22-20-10-11-8-13(19)4-5-15(11)23/h1-5,8-10,23H,6-7H2,(H,21,24)(H,22,25)/b20-10+. The first-order valence-corrected chi connectivity index (χ1v) is 8.05. The molecule has 25 heavy (non-hydrogen) atoms. The van der Waals surface area contributed by atoms with E-state index in [1.54, 1.807) is 24.3 Å². The van der Waals surface area contributed by atoms with E-state index in [2.05, 4.69) is 15.8 Å². The van der Waals surface area contributed by atoms with Crippen LogP contribution in [0.15, 0.2) is 47.6 Å². The van der Waals surface area contributed by atoms with Gasteiger partial charge >= 0.3 is 0 Å². The van der Waals surface area contributed by atoms with Crippen LogP contribution in [0.2, 0.25) is 10.0 Å². The third kappa shape index (κ3) is 6.45. The zero-order valence-corrected chi connectivity index (χ0v) is 14.5. The molecule has 0 saturated heterocycles. The summed E-state index contributed by atoms with van der Waals surface area (Å²) >= 11 is 11.6. The highest BCUT2D eigenvalue weighted by molar-refractivity contribution is 6.31. The second-order valence-corrected chi connectivity index (χ2v) is 5.93. The number of hydrazone groups is 1. The molecule has 0 radical (unpaired) electrons. The van der Waals surface area contributed by atoms with E-state index < -0.39 is 5.91 Å². The molecule has 2 rings (SSSR count). The van der Waals surface area contributed by atoms with Crippen LogP contribution in [-0.2, 0) is 9.59 Å². The maximum Gasteiger partial charge on any atom is 0.240 e. The van der Waals surface area contributed by atoms with Gasteiger partial charge < -0.3 is 10.4 Å². The predicted octanol–water partition coefficient (Wildman–Crippen LogP) is 3.57. The molecule has 3 N–H and O–H groups in total. The molecule has 0 atom stereocenters. The Hall–Kier alpha value is -2.57. The van der Waals surface area contributed by atoms with E-state index >= 15 is 0 Å². The fraction of sp³-hybridized carbons (Fsp3) is 0.118. The summed E-state index contributed by atoms with van der Waals surface area (Å²) in [6.45, 7) is 0. The smallest absolute Gasteiger partial charge is 0.240 e. The van der Waals surface area contributed by atoms with E-state index in [0.29, 0.717) is 21.3 Å². The highest BCUT2D eigenvalue weighted by Crippen LogP contribution is 2.19. The average Bonchev–Trinajstić information content (AvgIpc) is 2.56. The Morgan fingerprint density at radius 2 is 1.76 bits per heavy atom. The summed E-state index contributed by atoms with van der Waals surface area (Å²) in [7, 11) is 0. The molecular formula is C17H15Cl2N3O3. The van der Waals surface area contributed by atoms with Gasteiger partial charge in [0.25, 0.3) is 0 Å². The van der Waals surface area contributed by atoms with Gasteiger partial charge in [-0.1, -0.05) is 29.3 Å². The number of hydrogen-bond acceptors (Lipinski definition) is 4. The molecule has 0 heterocycles. The SMILES string of the molecule is O=C(CCC(=O)Nc1cccc(Cl)c1)N/N=C/c1cc(Cl)ccc1O. The quantitative estimate of drug-likeness (QED) is 0.529. The van der Waals surface area contributed by atoms with Crippen LogP contribution in [0.1, 0.15) is 18.4 Å². The maximum atomic E-state index is 11.8. The van der Waals surface area contributed by atoms with Crippen LogP contribution in [0.3, 0.4) is 0 Å². The van der Waals surface area contributed by atoms with Gasteiger partial charge in [-0.3, -0.25) is 9.59 Å². The number of hydrogen-bond donors (Lipinski definition) is 3. The summed E-state index contributed by atoms with van der Waals surface area (Å²) in [5.41, 5.74) is 3.21. The highest BCUT2D eigenvalue weighted by Gasteiger charge is 2.07. The van der Waals surface area contributed by atoms with E-state index in [1.165, 1.54) is 24.4 Å². The number of phenols is 1. The Morgan fingerprint density at radius 1 is 1.04 bits per heavy atom. The first-order chi connectivity index (χ1) is 11.9. The lowest BCUT2D eigenvalue weighted by atomic mass is 10.2. The number of amides is 2. The van der Waals surface area contributed by atoms with Crippen LogP contribution in [0, 0.1) is 0 Å². The van der Waals surface area contributed by atoms with E-state index in [1.807, 2.05) is 0 Å². The normalized spacial score (nSPS) is 10.6. The first kappa shape index (κ1) is 18.8. The van der Waals surface area contributed by atoms with Gasteiger partial charge in [0.05, 0.1) is 6.21 Å². The van der Waals surface area contributed by atoms with Gasteiger partial charge in [0.1, 0.15) is 5.75 Å². The second-order valence-electron chi connectivity index (χ2n) is 5.05. The summed E-state index contributed by atoms with van der Waals surface area (Å²) in [5.74, 6) is -0.754. The zero-order valence-electron chi connectivity index (χ0n) is 13.0. The third-order valence-electron chi connectivity index (χ3n) is 3.07. The van der Waals surface area contributed by atoms with Crippen molar-refractivity contribution in [1.29, 1.82) is 0 Å². The van der Waals surface area contributed by atoms with Crippen LogP contribution in [-0.4, -0.2) is 23.1 Å². The molecule has 0 aliphatic rings. The lowest BCUT2D eigenvalue weighted by Gasteiger charge is -2.05. The molecule has 2 aromatic rings. The summed E-state index contributed by atoms with van der Waals surface area (Å²) in [6, 6.07) is 11.2. The van der Waals surface area contributed by atoms with Crippen LogP contribution >= 0.6 is 23.2 Å². The molecule has 0 bridgehead atoms. The molecule has 0 aliphatic heterocycles. The molecular weight excluding hydrogens is 365 g/mol. The third-order valence-corrected chi connectivity index (χ3v) is 3.54. The number of nitrogens with one attached hydrogen (secondary N) is 2. The summed E-state index contributed by atoms with van der Waals surface area (Å²) < 4.78 is 0. The number of benzene rings is 2. The van der Waals surface area contributed by atoms with Crippen LogP contribution in [0.4, 0.5) is 5.69 Å². The second kappa shape index (κ2) is 9.05. The van der Waals surface area contributed by atoms with Gasteiger partial charge in [-0.05, 0) is 36.4 Å². The van der Waals surface area contributed by atoms with Crippen LogP contribution in [0.5, 0.6) is 5.75 Å². The minimum atomic E-state index is -0.431. The topological polar surface area (TPSA) is 90.8 Å². The fourth-order valence-electron chi connectivity index (χ4n) is 1.88. The molecule has 6 nitrogen and oxygen atoms in total. The Kier molecular flexibility index (Phi) is 6.80. The molecule has 2 amide bonds. The number of carbonyl (C=O) groups excluding carboxylic acids is 2. The monoisotopic (exact) mass is 379 g/mol. The van der Waals surface area contributed by atoms with Crippen molar-refractivity contribution in [1.82, 2.24) is 5.43 Å². The largest absolute Gasteiger partial charge is 0.507 e. The number of carbonyl (C=O) groups is 2. The molecule has 0 fully saturated rings. The molecule has 0 saturated carbocycles. The lowest BCUT2D eigenvalue weighted by molar-refractivity contribution is -0.124. The van der Waals surface area contributed by atoms with Crippen molar-refractivity contribution in [2.24, 2.45) is 5.10 Å². The summed E-state index contributed by atoms with van der Waals surface area (Å²) in [5, 5.41) is 16.9. The van der Waals surface area contributed by atoms with E-state index in [9.17, 15) is 14.7 Å². The number of aromatic hydroxyl groups is 1. The average molecular weight is 380 g/mol. The molecule has 0 unspecified atom stereocenters. The predicted molar refractivity (Wildman–Crippen MR) is 98.2 cm³/mol. The van der Waals surface area contributed by atoms with Crippen molar-refractivity contribution in [3.05, 3.63) is 58.1 Å². The van der Waals surface area contributed by atoms with Gasteiger partial charge in [-0.2, -0.15) is 5.10 Å². The van der Waals surface area contributed by atoms with Crippen molar-refractivity contribution >= 4 is 46.9 Å². The minimum absolute atomic E-state index is 0.00369. The van der Waals surface area contributed by atoms with Crippen molar-refractivity contribution < 1.29 is 14.7 Å². The Balaban J connectivity index is 1.77. The van der Waals surface area contributed by atoms with E-state index in [-0.39, 0.29) is 24.5 Å². The summed E-state index contributed by atoms with van der Waals surface area (Å²) in [6.07, 6.45) is 1.23. The van der Waals surface area contributed by atoms with Gasteiger partial charge in [0.2, 0.25) is 11.8 Å². The van der Waals surface area contributed by atoms with Crippen molar-refractivity contribution in [3.63, 3.8) is 0 Å². The van der Waals surface area contributed by atoms with Gasteiger partial charge in [-0.15, -0.1) is 0 Å². The van der Waals surface area contributed by atoms with Crippen molar-refractivity contribution in [2.75, 3.05) is 5.32 Å². The Bertz CT molecular complexity index is 809. The van der Waals surface area contributed by atoms with E-state index in [0.717, 1.165) is 0 Å². The summed E-state index contributed by atoms with van der Waals surface area (Å²) in [4.78, 5) is 23.5.